The summed E-state index contributed by atoms with van der Waals surface area (Å²) in [6.07, 6.45) is 9.18. The van der Waals surface area contributed by atoms with Crippen molar-refractivity contribution in [1.82, 2.24) is 34.5 Å². The second kappa shape index (κ2) is 8.36. The predicted octanol–water partition coefficient (Wildman–Crippen LogP) is 1.70. The maximum atomic E-state index is 4.49. The van der Waals surface area contributed by atoms with E-state index in [0.717, 1.165) is 50.1 Å². The van der Waals surface area contributed by atoms with Gasteiger partial charge in [0.15, 0.2) is 11.8 Å². The lowest BCUT2D eigenvalue weighted by Gasteiger charge is -2.39. The molecule has 2 aromatic heterocycles. The Hall–Kier alpha value is -1.65. The van der Waals surface area contributed by atoms with Gasteiger partial charge in [0.05, 0.1) is 18.9 Å². The van der Waals surface area contributed by atoms with E-state index in [1.807, 2.05) is 19.6 Å². The molecule has 0 saturated carbocycles. The first-order valence-corrected chi connectivity index (χ1v) is 9.10. The Balaban J connectivity index is 0.00000196. The molecule has 2 aliphatic rings. The third-order valence-corrected chi connectivity index (χ3v) is 5.43. The summed E-state index contributed by atoms with van der Waals surface area (Å²) in [7, 11) is 1.85. The van der Waals surface area contributed by atoms with Crippen molar-refractivity contribution in [3.63, 3.8) is 0 Å². The maximum absolute atomic E-state index is 4.49. The van der Waals surface area contributed by atoms with E-state index in [9.17, 15) is 0 Å². The SMILES string of the molecule is CN=C(NCc1nnc2n1CCC2)N1CCC(C)C(n2ccnc2)C1.I. The lowest BCUT2D eigenvalue weighted by molar-refractivity contribution is 0.189. The van der Waals surface area contributed by atoms with Crippen molar-refractivity contribution in [1.29, 1.82) is 0 Å². The number of likely N-dealkylation sites (tertiary alicyclic amines) is 1. The number of hydrogen-bond donors (Lipinski definition) is 1. The van der Waals surface area contributed by atoms with Crippen molar-refractivity contribution in [3.05, 3.63) is 30.4 Å². The van der Waals surface area contributed by atoms with Crippen LogP contribution in [-0.4, -0.2) is 55.3 Å². The molecular weight excluding hydrogens is 443 g/mol. The van der Waals surface area contributed by atoms with Crippen LogP contribution in [0.3, 0.4) is 0 Å². The molecule has 4 heterocycles. The Morgan fingerprint density at radius 1 is 1.35 bits per heavy atom. The normalized spacial score (nSPS) is 22.8. The fourth-order valence-electron chi connectivity index (χ4n) is 3.93. The number of hydrogen-bond acceptors (Lipinski definition) is 4. The Morgan fingerprint density at radius 3 is 3.00 bits per heavy atom. The molecule has 1 N–H and O–H groups in total. The third kappa shape index (κ3) is 3.72. The molecule has 0 radical (unpaired) electrons. The highest BCUT2D eigenvalue weighted by Gasteiger charge is 2.29. The molecule has 8 nitrogen and oxygen atoms in total. The van der Waals surface area contributed by atoms with E-state index in [1.54, 1.807) is 0 Å². The Bertz CT molecular complexity index is 738. The van der Waals surface area contributed by atoms with Gasteiger partial charge < -0.3 is 19.4 Å². The van der Waals surface area contributed by atoms with Crippen LogP contribution in [0.25, 0.3) is 0 Å². The van der Waals surface area contributed by atoms with E-state index in [0.29, 0.717) is 18.5 Å². The number of guanidine groups is 1. The number of piperidine rings is 1. The molecule has 142 valence electrons. The largest absolute Gasteiger partial charge is 0.349 e. The summed E-state index contributed by atoms with van der Waals surface area (Å²) in [6, 6.07) is 0.423. The minimum absolute atomic E-state index is 0. The number of aliphatic imine (C=N–C) groups is 1. The number of aromatic nitrogens is 5. The maximum Gasteiger partial charge on any atom is 0.194 e. The summed E-state index contributed by atoms with van der Waals surface area (Å²) in [5.74, 6) is 3.68. The lowest BCUT2D eigenvalue weighted by atomic mass is 9.93. The molecular formula is C17H27IN8. The Labute approximate surface area is 171 Å². The molecule has 2 aromatic rings. The average molecular weight is 470 g/mol. The van der Waals surface area contributed by atoms with Crippen LogP contribution in [-0.2, 0) is 19.5 Å². The monoisotopic (exact) mass is 470 g/mol. The summed E-state index contributed by atoms with van der Waals surface area (Å²) in [5.41, 5.74) is 0. The van der Waals surface area contributed by atoms with Gasteiger partial charge >= 0.3 is 0 Å². The number of imidazole rings is 1. The predicted molar refractivity (Wildman–Crippen MR) is 111 cm³/mol. The van der Waals surface area contributed by atoms with Crippen LogP contribution in [0.15, 0.2) is 23.7 Å². The highest BCUT2D eigenvalue weighted by Crippen LogP contribution is 2.27. The fraction of sp³-hybridized carbons (Fsp3) is 0.647. The van der Waals surface area contributed by atoms with Crippen molar-refractivity contribution in [2.45, 2.75) is 45.3 Å². The Kier molecular flexibility index (Phi) is 6.15. The fourth-order valence-corrected chi connectivity index (χ4v) is 3.93. The summed E-state index contributed by atoms with van der Waals surface area (Å²) in [4.78, 5) is 11.0. The van der Waals surface area contributed by atoms with Crippen LogP contribution in [0, 0.1) is 5.92 Å². The molecule has 26 heavy (non-hydrogen) atoms. The summed E-state index contributed by atoms with van der Waals surface area (Å²) in [5, 5.41) is 12.1. The van der Waals surface area contributed by atoms with E-state index in [-0.39, 0.29) is 24.0 Å². The zero-order valence-electron chi connectivity index (χ0n) is 15.4. The average Bonchev–Trinajstić information content (AvgIpc) is 3.35. The highest BCUT2D eigenvalue weighted by molar-refractivity contribution is 14.0. The van der Waals surface area contributed by atoms with E-state index >= 15 is 0 Å². The molecule has 4 rings (SSSR count). The number of fused-ring (bicyclic) bond motifs is 1. The van der Waals surface area contributed by atoms with Crippen LogP contribution < -0.4 is 5.32 Å². The summed E-state index contributed by atoms with van der Waals surface area (Å²) >= 11 is 0. The van der Waals surface area contributed by atoms with Gasteiger partial charge in [0.1, 0.15) is 5.82 Å². The molecule has 2 unspecified atom stereocenters. The molecule has 0 bridgehead atoms. The standard InChI is InChI=1S/C17H26N8.HI/c1-13-5-8-23(11-14(13)24-9-6-19-12-24)17(18-2)20-10-16-22-21-15-4-3-7-25(15)16;/h6,9,12-14H,3-5,7-8,10-11H2,1-2H3,(H,18,20);1H. The van der Waals surface area contributed by atoms with Gasteiger partial charge in [0.25, 0.3) is 0 Å². The number of aryl methyl sites for hydroxylation is 1. The van der Waals surface area contributed by atoms with Gasteiger partial charge in [-0.1, -0.05) is 6.92 Å². The summed E-state index contributed by atoms with van der Waals surface area (Å²) < 4.78 is 4.45. The van der Waals surface area contributed by atoms with Crippen molar-refractivity contribution >= 4 is 29.9 Å². The molecule has 1 fully saturated rings. The molecule has 0 amide bonds. The zero-order chi connectivity index (χ0) is 17.2. The number of nitrogens with one attached hydrogen (secondary N) is 1. The van der Waals surface area contributed by atoms with Crippen LogP contribution >= 0.6 is 24.0 Å². The molecule has 2 aliphatic heterocycles. The van der Waals surface area contributed by atoms with Gasteiger partial charge in [-0.2, -0.15) is 0 Å². The minimum Gasteiger partial charge on any atom is -0.349 e. The van der Waals surface area contributed by atoms with Gasteiger partial charge in [0.2, 0.25) is 0 Å². The molecule has 1 saturated heterocycles. The van der Waals surface area contributed by atoms with Crippen LogP contribution in [0.1, 0.15) is 37.5 Å². The van der Waals surface area contributed by atoms with Crippen LogP contribution in [0.5, 0.6) is 0 Å². The first-order chi connectivity index (χ1) is 12.3. The highest BCUT2D eigenvalue weighted by atomic mass is 127. The number of rotatable bonds is 3. The molecule has 0 aromatic carbocycles. The van der Waals surface area contributed by atoms with E-state index in [4.69, 9.17) is 0 Å². The Morgan fingerprint density at radius 2 is 2.23 bits per heavy atom. The van der Waals surface area contributed by atoms with Crippen molar-refractivity contribution in [2.24, 2.45) is 10.9 Å². The van der Waals surface area contributed by atoms with Gasteiger partial charge in [-0.15, -0.1) is 34.2 Å². The second-order valence-corrected chi connectivity index (χ2v) is 6.98. The number of nitrogens with zero attached hydrogens (tertiary/aromatic N) is 7. The smallest absolute Gasteiger partial charge is 0.194 e. The molecule has 2 atom stereocenters. The van der Waals surface area contributed by atoms with Gasteiger partial charge in [-0.25, -0.2) is 4.98 Å². The lowest BCUT2D eigenvalue weighted by Crippen LogP contribution is -2.48. The van der Waals surface area contributed by atoms with E-state index in [2.05, 4.69) is 52.6 Å². The molecule has 0 spiro atoms. The minimum atomic E-state index is 0. The molecule has 9 heteroatoms. The van der Waals surface area contributed by atoms with Gasteiger partial charge in [-0.05, 0) is 18.8 Å². The quantitative estimate of drug-likeness (QED) is 0.420. The second-order valence-electron chi connectivity index (χ2n) is 6.98. The van der Waals surface area contributed by atoms with Crippen molar-refractivity contribution in [3.8, 4) is 0 Å². The zero-order valence-corrected chi connectivity index (χ0v) is 17.7. The first-order valence-electron chi connectivity index (χ1n) is 9.10. The topological polar surface area (TPSA) is 76.2 Å². The van der Waals surface area contributed by atoms with Gasteiger partial charge in [0, 0.05) is 45.5 Å². The van der Waals surface area contributed by atoms with Crippen LogP contribution in [0.2, 0.25) is 0 Å². The van der Waals surface area contributed by atoms with E-state index < -0.39 is 0 Å². The van der Waals surface area contributed by atoms with Crippen LogP contribution in [0.4, 0.5) is 0 Å². The van der Waals surface area contributed by atoms with Gasteiger partial charge in [-0.3, -0.25) is 4.99 Å². The van der Waals surface area contributed by atoms with Crippen molar-refractivity contribution < 1.29 is 0 Å². The molecule has 0 aliphatic carbocycles. The number of halogens is 1. The van der Waals surface area contributed by atoms with Crippen molar-refractivity contribution in [2.75, 3.05) is 20.1 Å². The summed E-state index contributed by atoms with van der Waals surface area (Å²) in [6.45, 7) is 5.97. The van der Waals surface area contributed by atoms with E-state index in [1.165, 1.54) is 6.42 Å². The first kappa shape index (κ1) is 19.1. The third-order valence-electron chi connectivity index (χ3n) is 5.43.